The van der Waals surface area contributed by atoms with E-state index in [1.165, 1.54) is 0 Å². The van der Waals surface area contributed by atoms with Crippen LogP contribution in [0.25, 0.3) is 16.7 Å². The Labute approximate surface area is 179 Å². The number of carbonyl (C=O) groups excluding carboxylic acids is 1. The lowest BCUT2D eigenvalue weighted by Crippen LogP contribution is -2.29. The predicted octanol–water partition coefficient (Wildman–Crippen LogP) is 2.42. The van der Waals surface area contributed by atoms with Crippen molar-refractivity contribution in [1.82, 2.24) is 19.3 Å². The van der Waals surface area contributed by atoms with Crippen LogP contribution in [0.2, 0.25) is 0 Å². The van der Waals surface area contributed by atoms with Gasteiger partial charge in [0, 0.05) is 38.0 Å². The van der Waals surface area contributed by atoms with Gasteiger partial charge in [0.25, 0.3) is 5.56 Å². The van der Waals surface area contributed by atoms with Crippen LogP contribution in [0.3, 0.4) is 0 Å². The third kappa shape index (κ3) is 4.09. The molecule has 4 rings (SSSR count). The number of aromatic nitrogens is 3. The lowest BCUT2D eigenvalue weighted by atomic mass is 10.1. The Kier molecular flexibility index (Phi) is 5.88. The standard InChI is InChI=1S/C23H24N4O4/c1-30-17-8-7-16(20(15-17)31-2)9-12-24-21(28)10-14-27-22-18(5-3-11-25-22)26-13-4-6-19(26)23(27)29/h3-8,11,13,15H,9-10,12,14H2,1-2H3,(H,24,28). The van der Waals surface area contributed by atoms with E-state index in [0.29, 0.717) is 24.1 Å². The van der Waals surface area contributed by atoms with Crippen LogP contribution in [0.5, 0.6) is 11.5 Å². The van der Waals surface area contributed by atoms with Gasteiger partial charge in [0.2, 0.25) is 5.91 Å². The molecule has 0 atom stereocenters. The van der Waals surface area contributed by atoms with Gasteiger partial charge in [-0.3, -0.25) is 14.2 Å². The number of hydrogen-bond acceptors (Lipinski definition) is 5. The van der Waals surface area contributed by atoms with Crippen molar-refractivity contribution in [2.75, 3.05) is 20.8 Å². The van der Waals surface area contributed by atoms with Gasteiger partial charge in [0.15, 0.2) is 5.65 Å². The summed E-state index contributed by atoms with van der Waals surface area (Å²) in [4.78, 5) is 29.7. The van der Waals surface area contributed by atoms with Gasteiger partial charge < -0.3 is 19.2 Å². The third-order valence-corrected chi connectivity index (χ3v) is 5.27. The van der Waals surface area contributed by atoms with E-state index in [0.717, 1.165) is 22.6 Å². The van der Waals surface area contributed by atoms with Crippen molar-refractivity contribution in [2.24, 2.45) is 0 Å². The van der Waals surface area contributed by atoms with Crippen molar-refractivity contribution in [3.05, 3.63) is 70.8 Å². The average Bonchev–Trinajstić information content (AvgIpc) is 3.30. The molecule has 3 heterocycles. The molecule has 8 heteroatoms. The molecule has 0 spiro atoms. The van der Waals surface area contributed by atoms with E-state index in [9.17, 15) is 9.59 Å². The summed E-state index contributed by atoms with van der Waals surface area (Å²) in [6, 6.07) is 12.9. The number of amides is 1. The molecule has 0 unspecified atom stereocenters. The Bertz CT molecular complexity index is 1290. The molecule has 0 saturated carbocycles. The first-order valence-electron chi connectivity index (χ1n) is 10.0. The topological polar surface area (TPSA) is 86.9 Å². The zero-order valence-electron chi connectivity index (χ0n) is 17.5. The van der Waals surface area contributed by atoms with E-state index in [1.807, 2.05) is 47.0 Å². The minimum absolute atomic E-state index is 0.126. The summed E-state index contributed by atoms with van der Waals surface area (Å²) in [7, 11) is 3.21. The van der Waals surface area contributed by atoms with Crippen LogP contribution in [0.1, 0.15) is 12.0 Å². The summed E-state index contributed by atoms with van der Waals surface area (Å²) in [6.45, 7) is 0.721. The zero-order valence-corrected chi connectivity index (χ0v) is 17.5. The van der Waals surface area contributed by atoms with Crippen molar-refractivity contribution >= 4 is 22.6 Å². The van der Waals surface area contributed by atoms with Crippen LogP contribution < -0.4 is 20.3 Å². The molecule has 160 valence electrons. The highest BCUT2D eigenvalue weighted by atomic mass is 16.5. The maximum Gasteiger partial charge on any atom is 0.276 e. The second-order valence-corrected chi connectivity index (χ2v) is 7.09. The van der Waals surface area contributed by atoms with Crippen LogP contribution in [-0.2, 0) is 17.8 Å². The number of aryl methyl sites for hydroxylation is 1. The molecule has 0 aliphatic rings. The maximum atomic E-state index is 12.9. The highest BCUT2D eigenvalue weighted by molar-refractivity contribution is 5.77. The van der Waals surface area contributed by atoms with E-state index in [4.69, 9.17) is 9.47 Å². The largest absolute Gasteiger partial charge is 0.497 e. The minimum Gasteiger partial charge on any atom is -0.497 e. The van der Waals surface area contributed by atoms with Crippen molar-refractivity contribution in [2.45, 2.75) is 19.4 Å². The molecule has 0 bridgehead atoms. The Morgan fingerprint density at radius 3 is 2.74 bits per heavy atom. The Morgan fingerprint density at radius 1 is 1.10 bits per heavy atom. The van der Waals surface area contributed by atoms with E-state index in [-0.39, 0.29) is 24.4 Å². The Morgan fingerprint density at radius 2 is 1.94 bits per heavy atom. The molecular formula is C23H24N4O4. The molecule has 1 amide bonds. The SMILES string of the molecule is COc1ccc(CCNC(=O)CCn2c(=O)c3cccn3c3cccnc32)c(OC)c1. The van der Waals surface area contributed by atoms with Crippen molar-refractivity contribution in [1.29, 1.82) is 0 Å². The molecule has 0 radical (unpaired) electrons. The number of nitrogens with one attached hydrogen (secondary N) is 1. The number of carbonyl (C=O) groups is 1. The van der Waals surface area contributed by atoms with Gasteiger partial charge in [0.1, 0.15) is 17.0 Å². The van der Waals surface area contributed by atoms with Crippen LogP contribution in [0.15, 0.2) is 59.7 Å². The first-order chi connectivity index (χ1) is 15.1. The fraction of sp³-hybridized carbons (Fsp3) is 0.261. The monoisotopic (exact) mass is 420 g/mol. The highest BCUT2D eigenvalue weighted by Gasteiger charge is 2.13. The van der Waals surface area contributed by atoms with Gasteiger partial charge in [-0.2, -0.15) is 0 Å². The Balaban J connectivity index is 1.42. The summed E-state index contributed by atoms with van der Waals surface area (Å²) >= 11 is 0. The van der Waals surface area contributed by atoms with Crippen LogP contribution in [0.4, 0.5) is 0 Å². The normalized spacial score (nSPS) is 11.0. The first kappa shape index (κ1) is 20.5. The number of pyridine rings is 1. The van der Waals surface area contributed by atoms with E-state index < -0.39 is 0 Å². The lowest BCUT2D eigenvalue weighted by Gasteiger charge is -2.12. The van der Waals surface area contributed by atoms with Crippen molar-refractivity contribution in [3.63, 3.8) is 0 Å². The number of hydrogen-bond donors (Lipinski definition) is 1. The average molecular weight is 420 g/mol. The van der Waals surface area contributed by atoms with E-state index in [2.05, 4.69) is 10.3 Å². The number of ether oxygens (including phenoxy) is 2. The van der Waals surface area contributed by atoms with Gasteiger partial charge in [-0.25, -0.2) is 4.98 Å². The number of rotatable bonds is 8. The van der Waals surface area contributed by atoms with Gasteiger partial charge in [0.05, 0.1) is 19.7 Å². The molecule has 8 nitrogen and oxygen atoms in total. The molecule has 4 aromatic rings. The van der Waals surface area contributed by atoms with Crippen LogP contribution >= 0.6 is 0 Å². The summed E-state index contributed by atoms with van der Waals surface area (Å²) in [5.74, 6) is 1.31. The molecule has 3 aromatic heterocycles. The predicted molar refractivity (Wildman–Crippen MR) is 118 cm³/mol. The van der Waals surface area contributed by atoms with E-state index >= 15 is 0 Å². The quantitative estimate of drug-likeness (QED) is 0.473. The molecular weight excluding hydrogens is 396 g/mol. The fourth-order valence-electron chi connectivity index (χ4n) is 3.69. The third-order valence-electron chi connectivity index (χ3n) is 5.27. The van der Waals surface area contributed by atoms with Gasteiger partial charge in [-0.15, -0.1) is 0 Å². The second-order valence-electron chi connectivity index (χ2n) is 7.09. The zero-order chi connectivity index (χ0) is 21.8. The number of methoxy groups -OCH3 is 2. The van der Waals surface area contributed by atoms with Gasteiger partial charge >= 0.3 is 0 Å². The molecule has 1 aromatic carbocycles. The fourth-order valence-corrected chi connectivity index (χ4v) is 3.69. The van der Waals surface area contributed by atoms with Crippen LogP contribution in [-0.4, -0.2) is 40.6 Å². The molecule has 0 saturated heterocycles. The molecule has 0 fully saturated rings. The smallest absolute Gasteiger partial charge is 0.276 e. The van der Waals surface area contributed by atoms with Crippen molar-refractivity contribution in [3.8, 4) is 11.5 Å². The maximum absolute atomic E-state index is 12.9. The number of fused-ring (bicyclic) bond motifs is 3. The number of benzene rings is 1. The first-order valence-corrected chi connectivity index (χ1v) is 10.0. The highest BCUT2D eigenvalue weighted by Crippen LogP contribution is 2.24. The summed E-state index contributed by atoms with van der Waals surface area (Å²) in [5, 5.41) is 2.91. The minimum atomic E-state index is -0.160. The summed E-state index contributed by atoms with van der Waals surface area (Å²) in [6.07, 6.45) is 4.29. The Hall–Kier alpha value is -3.81. The lowest BCUT2D eigenvalue weighted by molar-refractivity contribution is -0.121. The number of nitrogens with zero attached hydrogens (tertiary/aromatic N) is 3. The summed E-state index contributed by atoms with van der Waals surface area (Å²) in [5.41, 5.74) is 2.77. The summed E-state index contributed by atoms with van der Waals surface area (Å²) < 4.78 is 14.0. The van der Waals surface area contributed by atoms with Crippen molar-refractivity contribution < 1.29 is 14.3 Å². The van der Waals surface area contributed by atoms with E-state index in [1.54, 1.807) is 31.0 Å². The van der Waals surface area contributed by atoms with Gasteiger partial charge in [-0.05, 0) is 42.3 Å². The van der Waals surface area contributed by atoms with Crippen LogP contribution in [0, 0.1) is 0 Å². The molecule has 0 aliphatic carbocycles. The molecule has 31 heavy (non-hydrogen) atoms. The molecule has 0 aliphatic heterocycles. The second kappa shape index (κ2) is 8.91. The van der Waals surface area contributed by atoms with Gasteiger partial charge in [-0.1, -0.05) is 6.07 Å². The molecule has 1 N–H and O–H groups in total.